The van der Waals surface area contributed by atoms with E-state index in [0.29, 0.717) is 17.5 Å². The van der Waals surface area contributed by atoms with Crippen molar-refractivity contribution < 1.29 is 4.42 Å². The van der Waals surface area contributed by atoms with Crippen molar-refractivity contribution >= 4 is 22.1 Å². The second kappa shape index (κ2) is 8.03. The van der Waals surface area contributed by atoms with Gasteiger partial charge in [-0.05, 0) is 66.5 Å². The van der Waals surface area contributed by atoms with Gasteiger partial charge in [0.05, 0.1) is 5.69 Å². The first-order valence-electron chi connectivity index (χ1n) is 12.1. The molecule has 4 aromatic rings. The lowest BCUT2D eigenvalue weighted by Crippen LogP contribution is -2.16. The average Bonchev–Trinajstić information content (AvgIpc) is 3.40. The van der Waals surface area contributed by atoms with Crippen molar-refractivity contribution in [1.29, 1.82) is 0 Å². The topological polar surface area (TPSA) is 38.9 Å². The van der Waals surface area contributed by atoms with E-state index in [4.69, 9.17) is 14.4 Å². The van der Waals surface area contributed by atoms with Crippen molar-refractivity contribution in [3.8, 4) is 11.3 Å². The van der Waals surface area contributed by atoms with Gasteiger partial charge in [-0.25, -0.2) is 4.98 Å². The molecule has 1 saturated carbocycles. The maximum Gasteiger partial charge on any atom is 0.227 e. The summed E-state index contributed by atoms with van der Waals surface area (Å²) < 4.78 is 6.37. The van der Waals surface area contributed by atoms with Crippen LogP contribution < -0.4 is 0 Å². The Labute approximate surface area is 191 Å². The molecule has 0 spiro atoms. The third-order valence-electron chi connectivity index (χ3n) is 7.20. The molecule has 1 aromatic carbocycles. The molecular weight excluding hydrogens is 392 g/mol. The molecule has 1 fully saturated rings. The molecule has 3 aromatic heterocycles. The summed E-state index contributed by atoms with van der Waals surface area (Å²) in [5.74, 6) is 1.99. The third-order valence-corrected chi connectivity index (χ3v) is 7.20. The zero-order valence-corrected chi connectivity index (χ0v) is 20.0. The van der Waals surface area contributed by atoms with E-state index in [9.17, 15) is 0 Å². The van der Waals surface area contributed by atoms with Crippen LogP contribution in [0.15, 0.2) is 53.1 Å². The van der Waals surface area contributed by atoms with Crippen molar-refractivity contribution in [3.05, 3.63) is 59.9 Å². The summed E-state index contributed by atoms with van der Waals surface area (Å²) in [5, 5.41) is 2.17. The van der Waals surface area contributed by atoms with Crippen LogP contribution in [0.5, 0.6) is 0 Å². The van der Waals surface area contributed by atoms with Gasteiger partial charge in [0.1, 0.15) is 5.58 Å². The molecule has 0 saturated heterocycles. The molecule has 0 aliphatic heterocycles. The molecule has 1 aliphatic carbocycles. The second-order valence-corrected chi connectivity index (χ2v) is 10.9. The molecule has 0 amide bonds. The van der Waals surface area contributed by atoms with Crippen LogP contribution in [0.1, 0.15) is 77.5 Å². The second-order valence-electron chi connectivity index (χ2n) is 10.9. The lowest BCUT2D eigenvalue weighted by atomic mass is 9.77. The van der Waals surface area contributed by atoms with Gasteiger partial charge in [-0.1, -0.05) is 59.6 Å². The summed E-state index contributed by atoms with van der Waals surface area (Å²) in [5.41, 5.74) is 6.08. The maximum absolute atomic E-state index is 6.37. The number of benzene rings is 1. The molecule has 1 aliphatic rings. The standard InChI is InChI=1S/C29H34N2O/c1-18(2)26(19-9-6-7-10-19)20-15-16-30-24(17-20)23-12-8-11-21-22-13-14-25(29(3,4)5)31-28(22)32-27(21)23/h8,11-19,26H,6-7,9-10H2,1-5H3. The summed E-state index contributed by atoms with van der Waals surface area (Å²) in [6.07, 6.45) is 7.41. The van der Waals surface area contributed by atoms with E-state index in [2.05, 4.69) is 77.1 Å². The highest BCUT2D eigenvalue weighted by molar-refractivity contribution is 6.08. The zero-order valence-electron chi connectivity index (χ0n) is 20.0. The Morgan fingerprint density at radius 2 is 1.75 bits per heavy atom. The van der Waals surface area contributed by atoms with Crippen molar-refractivity contribution in [1.82, 2.24) is 9.97 Å². The van der Waals surface area contributed by atoms with Crippen LogP contribution in [0.25, 0.3) is 33.3 Å². The fraction of sp³-hybridized carbons (Fsp3) is 0.448. The van der Waals surface area contributed by atoms with Gasteiger partial charge in [0.25, 0.3) is 0 Å². The number of hydrogen-bond acceptors (Lipinski definition) is 3. The quantitative estimate of drug-likeness (QED) is 0.329. The molecule has 5 rings (SSSR count). The lowest BCUT2D eigenvalue weighted by Gasteiger charge is -2.28. The van der Waals surface area contributed by atoms with Gasteiger partial charge in [0.2, 0.25) is 5.71 Å². The van der Waals surface area contributed by atoms with Crippen LogP contribution in [0, 0.1) is 11.8 Å². The Kier molecular flexibility index (Phi) is 5.31. The summed E-state index contributed by atoms with van der Waals surface area (Å²) in [4.78, 5) is 9.63. The SMILES string of the molecule is CC(C)C(c1ccnc(-c2cccc3c2oc2nc(C(C)(C)C)ccc23)c1)C1CCCC1. The smallest absolute Gasteiger partial charge is 0.227 e. The average molecular weight is 427 g/mol. The summed E-state index contributed by atoms with van der Waals surface area (Å²) in [6.45, 7) is 11.3. The van der Waals surface area contributed by atoms with E-state index in [1.165, 1.54) is 31.2 Å². The van der Waals surface area contributed by atoms with Crippen molar-refractivity contribution in [2.75, 3.05) is 0 Å². The van der Waals surface area contributed by atoms with E-state index >= 15 is 0 Å². The van der Waals surface area contributed by atoms with Crippen LogP contribution in [0.2, 0.25) is 0 Å². The number of fused-ring (bicyclic) bond motifs is 3. The molecule has 3 heteroatoms. The predicted molar refractivity (Wildman–Crippen MR) is 133 cm³/mol. The van der Waals surface area contributed by atoms with Gasteiger partial charge in [-0.3, -0.25) is 4.98 Å². The summed E-state index contributed by atoms with van der Waals surface area (Å²) in [7, 11) is 0. The van der Waals surface area contributed by atoms with E-state index < -0.39 is 0 Å². The first-order chi connectivity index (χ1) is 15.3. The Hall–Kier alpha value is -2.68. The van der Waals surface area contributed by atoms with Crippen molar-refractivity contribution in [2.45, 2.75) is 71.6 Å². The number of aromatic nitrogens is 2. The minimum absolute atomic E-state index is 0.0159. The molecule has 3 heterocycles. The van der Waals surface area contributed by atoms with Crippen LogP contribution in [0.3, 0.4) is 0 Å². The van der Waals surface area contributed by atoms with Crippen molar-refractivity contribution in [2.24, 2.45) is 11.8 Å². The van der Waals surface area contributed by atoms with Crippen LogP contribution in [-0.2, 0) is 5.41 Å². The molecule has 0 N–H and O–H groups in total. The molecule has 166 valence electrons. The van der Waals surface area contributed by atoms with E-state index in [-0.39, 0.29) is 5.41 Å². The van der Waals surface area contributed by atoms with E-state index in [1.54, 1.807) is 0 Å². The minimum Gasteiger partial charge on any atom is -0.437 e. The molecule has 0 radical (unpaired) electrons. The van der Waals surface area contributed by atoms with Gasteiger partial charge in [0, 0.05) is 33.6 Å². The normalized spacial score (nSPS) is 16.4. The first-order valence-corrected chi connectivity index (χ1v) is 12.1. The summed E-state index contributed by atoms with van der Waals surface area (Å²) in [6, 6.07) is 15.2. The number of furan rings is 1. The van der Waals surface area contributed by atoms with Crippen molar-refractivity contribution in [3.63, 3.8) is 0 Å². The first kappa shape index (κ1) is 21.2. The van der Waals surface area contributed by atoms with Crippen LogP contribution in [-0.4, -0.2) is 9.97 Å². The Morgan fingerprint density at radius 1 is 0.969 bits per heavy atom. The van der Waals surface area contributed by atoms with Crippen LogP contribution >= 0.6 is 0 Å². The van der Waals surface area contributed by atoms with E-state index in [0.717, 1.165) is 39.2 Å². The fourth-order valence-electron chi connectivity index (χ4n) is 5.62. The molecule has 0 bridgehead atoms. The minimum atomic E-state index is -0.0159. The Morgan fingerprint density at radius 3 is 2.47 bits per heavy atom. The molecule has 1 unspecified atom stereocenters. The van der Waals surface area contributed by atoms with Gasteiger partial charge in [-0.2, -0.15) is 0 Å². The molecular formula is C29H34N2O. The molecule has 3 nitrogen and oxygen atoms in total. The van der Waals surface area contributed by atoms with Gasteiger partial charge in [-0.15, -0.1) is 0 Å². The molecule has 1 atom stereocenters. The third kappa shape index (κ3) is 3.72. The lowest BCUT2D eigenvalue weighted by molar-refractivity contribution is 0.347. The Bertz CT molecular complexity index is 1260. The maximum atomic E-state index is 6.37. The largest absolute Gasteiger partial charge is 0.437 e. The highest BCUT2D eigenvalue weighted by atomic mass is 16.3. The van der Waals surface area contributed by atoms with E-state index in [1.807, 2.05) is 6.20 Å². The monoisotopic (exact) mass is 426 g/mol. The number of hydrogen-bond donors (Lipinski definition) is 0. The number of nitrogens with zero attached hydrogens (tertiary/aromatic N) is 2. The van der Waals surface area contributed by atoms with Gasteiger partial charge < -0.3 is 4.42 Å². The Balaban J connectivity index is 1.62. The highest BCUT2D eigenvalue weighted by Gasteiger charge is 2.29. The highest BCUT2D eigenvalue weighted by Crippen LogP contribution is 2.43. The zero-order chi connectivity index (χ0) is 22.5. The predicted octanol–water partition coefficient (Wildman–Crippen LogP) is 8.27. The molecule has 32 heavy (non-hydrogen) atoms. The summed E-state index contributed by atoms with van der Waals surface area (Å²) >= 11 is 0. The van der Waals surface area contributed by atoms with Gasteiger partial charge in [0.15, 0.2) is 0 Å². The number of rotatable bonds is 4. The number of para-hydroxylation sites is 1. The van der Waals surface area contributed by atoms with Crippen LogP contribution in [0.4, 0.5) is 0 Å². The van der Waals surface area contributed by atoms with Gasteiger partial charge >= 0.3 is 0 Å². The fourth-order valence-corrected chi connectivity index (χ4v) is 5.62. The number of pyridine rings is 2.